The molecule has 3 heteroatoms. The second kappa shape index (κ2) is 4.16. The first-order valence-corrected chi connectivity index (χ1v) is 5.47. The van der Waals surface area contributed by atoms with Gasteiger partial charge in [0.1, 0.15) is 0 Å². The van der Waals surface area contributed by atoms with Crippen LogP contribution in [0.3, 0.4) is 0 Å². The molecule has 1 atom stereocenters. The van der Waals surface area contributed by atoms with Crippen molar-refractivity contribution in [2.24, 2.45) is 5.73 Å². The van der Waals surface area contributed by atoms with Crippen molar-refractivity contribution in [1.82, 2.24) is 0 Å². The summed E-state index contributed by atoms with van der Waals surface area (Å²) in [7, 11) is 0. The number of hydrogen-bond donors (Lipinski definition) is 3. The van der Waals surface area contributed by atoms with Gasteiger partial charge in [-0.3, -0.25) is 0 Å². The first-order valence-electron chi connectivity index (χ1n) is 5.02. The monoisotopic (exact) mass is 225 g/mol. The summed E-state index contributed by atoms with van der Waals surface area (Å²) in [4.78, 5) is 0.867. The van der Waals surface area contributed by atoms with E-state index in [0.29, 0.717) is 6.42 Å². The fraction of sp³-hybridized carbons (Fsp3) is 0.500. The lowest BCUT2D eigenvalue weighted by Gasteiger charge is -2.32. The molecular formula is C12H19NOS. The van der Waals surface area contributed by atoms with Crippen molar-refractivity contribution in [2.75, 3.05) is 0 Å². The highest BCUT2D eigenvalue weighted by Crippen LogP contribution is 2.31. The van der Waals surface area contributed by atoms with E-state index in [1.807, 2.05) is 31.2 Å². The molecule has 1 aromatic rings. The lowest BCUT2D eigenvalue weighted by molar-refractivity contribution is 0.0474. The molecule has 1 rings (SSSR count). The second-order valence-electron chi connectivity index (χ2n) is 4.92. The van der Waals surface area contributed by atoms with Crippen LogP contribution in [-0.4, -0.2) is 10.7 Å². The van der Waals surface area contributed by atoms with Crippen LogP contribution in [-0.2, 0) is 5.54 Å². The molecule has 0 spiro atoms. The molecular weight excluding hydrogens is 206 g/mol. The lowest BCUT2D eigenvalue weighted by Crippen LogP contribution is -2.40. The van der Waals surface area contributed by atoms with Gasteiger partial charge in [0.15, 0.2) is 0 Å². The minimum atomic E-state index is -0.778. The highest BCUT2D eigenvalue weighted by atomic mass is 32.1. The Balaban J connectivity index is 3.01. The molecule has 0 radical (unpaired) electrons. The van der Waals surface area contributed by atoms with E-state index >= 15 is 0 Å². The van der Waals surface area contributed by atoms with E-state index in [1.54, 1.807) is 13.8 Å². The van der Waals surface area contributed by atoms with E-state index in [4.69, 9.17) is 5.73 Å². The first-order chi connectivity index (χ1) is 6.72. The standard InChI is InChI=1S/C12H19NOS/c1-11(2,14)8-12(3,13)9-6-4-5-7-10(9)15/h4-7,14-15H,8,13H2,1-3H3. The molecule has 0 amide bonds. The third kappa shape index (κ3) is 3.52. The molecule has 0 fully saturated rings. The molecule has 0 heterocycles. The predicted molar refractivity (Wildman–Crippen MR) is 66.1 cm³/mol. The van der Waals surface area contributed by atoms with Gasteiger partial charge < -0.3 is 10.8 Å². The zero-order valence-corrected chi connectivity index (χ0v) is 10.4. The Kier molecular flexibility index (Phi) is 3.48. The van der Waals surface area contributed by atoms with Crippen LogP contribution < -0.4 is 5.73 Å². The van der Waals surface area contributed by atoms with Crippen LogP contribution in [0.2, 0.25) is 0 Å². The maximum absolute atomic E-state index is 9.80. The largest absolute Gasteiger partial charge is 0.390 e. The minimum absolute atomic E-state index is 0.498. The number of hydrogen-bond acceptors (Lipinski definition) is 3. The molecule has 0 aliphatic rings. The minimum Gasteiger partial charge on any atom is -0.390 e. The van der Waals surface area contributed by atoms with Crippen LogP contribution in [0.5, 0.6) is 0 Å². The molecule has 1 unspecified atom stereocenters. The summed E-state index contributed by atoms with van der Waals surface area (Å²) in [5, 5.41) is 9.80. The van der Waals surface area contributed by atoms with Crippen molar-refractivity contribution in [3.05, 3.63) is 29.8 Å². The summed E-state index contributed by atoms with van der Waals surface area (Å²) < 4.78 is 0. The van der Waals surface area contributed by atoms with Gasteiger partial charge in [-0.15, -0.1) is 12.6 Å². The summed E-state index contributed by atoms with van der Waals surface area (Å²) in [5.74, 6) is 0. The van der Waals surface area contributed by atoms with E-state index in [-0.39, 0.29) is 0 Å². The Morgan fingerprint density at radius 3 is 2.27 bits per heavy atom. The van der Waals surface area contributed by atoms with Gasteiger partial charge in [0, 0.05) is 10.4 Å². The zero-order chi connectivity index (χ0) is 11.7. The number of nitrogens with two attached hydrogens (primary N) is 1. The fourth-order valence-corrected chi connectivity index (χ4v) is 2.37. The van der Waals surface area contributed by atoms with Crippen LogP contribution in [0.25, 0.3) is 0 Å². The Labute approximate surface area is 96.9 Å². The molecule has 2 nitrogen and oxygen atoms in total. The third-order valence-electron chi connectivity index (χ3n) is 2.32. The molecule has 0 aromatic heterocycles. The average molecular weight is 225 g/mol. The van der Waals surface area contributed by atoms with Crippen LogP contribution in [0, 0.1) is 0 Å². The van der Waals surface area contributed by atoms with Crippen molar-refractivity contribution in [1.29, 1.82) is 0 Å². The smallest absolute Gasteiger partial charge is 0.0612 e. The quantitative estimate of drug-likeness (QED) is 0.691. The van der Waals surface area contributed by atoms with E-state index in [2.05, 4.69) is 12.6 Å². The topological polar surface area (TPSA) is 46.2 Å². The normalized spacial score (nSPS) is 16.1. The number of rotatable bonds is 3. The Morgan fingerprint density at radius 1 is 1.27 bits per heavy atom. The number of benzene rings is 1. The van der Waals surface area contributed by atoms with Gasteiger partial charge >= 0.3 is 0 Å². The summed E-state index contributed by atoms with van der Waals surface area (Å²) >= 11 is 4.38. The van der Waals surface area contributed by atoms with Gasteiger partial charge in [-0.1, -0.05) is 18.2 Å². The van der Waals surface area contributed by atoms with Crippen LogP contribution in [0.15, 0.2) is 29.2 Å². The average Bonchev–Trinajstić information content (AvgIpc) is 1.99. The summed E-state index contributed by atoms with van der Waals surface area (Å²) in [6, 6.07) is 7.72. The van der Waals surface area contributed by atoms with E-state index < -0.39 is 11.1 Å². The molecule has 3 N–H and O–H groups in total. The van der Waals surface area contributed by atoms with Gasteiger partial charge in [0.05, 0.1) is 5.60 Å². The molecule has 15 heavy (non-hydrogen) atoms. The maximum atomic E-state index is 9.80. The highest BCUT2D eigenvalue weighted by Gasteiger charge is 2.30. The van der Waals surface area contributed by atoms with Crippen LogP contribution in [0.4, 0.5) is 0 Å². The van der Waals surface area contributed by atoms with Gasteiger partial charge in [0.2, 0.25) is 0 Å². The molecule has 0 aliphatic heterocycles. The van der Waals surface area contributed by atoms with Crippen LogP contribution >= 0.6 is 12.6 Å². The van der Waals surface area contributed by atoms with Gasteiger partial charge in [-0.2, -0.15) is 0 Å². The third-order valence-corrected chi connectivity index (χ3v) is 2.71. The lowest BCUT2D eigenvalue weighted by atomic mass is 9.83. The van der Waals surface area contributed by atoms with Crippen molar-refractivity contribution in [2.45, 2.75) is 43.2 Å². The SMILES string of the molecule is CC(C)(O)CC(C)(N)c1ccccc1S. The summed E-state index contributed by atoms with van der Waals surface area (Å²) in [5.41, 5.74) is 5.85. The molecule has 1 aromatic carbocycles. The highest BCUT2D eigenvalue weighted by molar-refractivity contribution is 7.80. The van der Waals surface area contributed by atoms with Gasteiger partial charge in [-0.05, 0) is 38.8 Å². The molecule has 0 saturated heterocycles. The number of aliphatic hydroxyl groups is 1. The summed E-state index contributed by atoms with van der Waals surface area (Å²) in [6.45, 7) is 5.44. The molecule has 0 bridgehead atoms. The Morgan fingerprint density at radius 2 is 1.80 bits per heavy atom. The molecule has 0 saturated carbocycles. The van der Waals surface area contributed by atoms with E-state index in [0.717, 1.165) is 10.5 Å². The van der Waals surface area contributed by atoms with E-state index in [9.17, 15) is 5.11 Å². The van der Waals surface area contributed by atoms with Crippen molar-refractivity contribution in [3.8, 4) is 0 Å². The zero-order valence-electron chi connectivity index (χ0n) is 9.49. The molecule has 84 valence electrons. The van der Waals surface area contributed by atoms with Crippen molar-refractivity contribution < 1.29 is 5.11 Å². The van der Waals surface area contributed by atoms with Crippen molar-refractivity contribution >= 4 is 12.6 Å². The summed E-state index contributed by atoms with van der Waals surface area (Å²) in [6.07, 6.45) is 0.498. The van der Waals surface area contributed by atoms with Crippen LogP contribution in [0.1, 0.15) is 32.8 Å². The molecule has 0 aliphatic carbocycles. The Bertz CT molecular complexity index is 342. The fourth-order valence-electron chi connectivity index (χ4n) is 1.95. The second-order valence-corrected chi connectivity index (χ2v) is 5.41. The predicted octanol–water partition coefficient (Wildman–Crippen LogP) is 2.31. The van der Waals surface area contributed by atoms with Gasteiger partial charge in [-0.25, -0.2) is 0 Å². The number of thiol groups is 1. The van der Waals surface area contributed by atoms with E-state index in [1.165, 1.54) is 0 Å². The van der Waals surface area contributed by atoms with Gasteiger partial charge in [0.25, 0.3) is 0 Å². The maximum Gasteiger partial charge on any atom is 0.0612 e. The Hall–Kier alpha value is -0.510. The van der Waals surface area contributed by atoms with Crippen molar-refractivity contribution in [3.63, 3.8) is 0 Å². The first kappa shape index (κ1) is 12.6.